The molecule has 0 aliphatic carbocycles. The third kappa shape index (κ3) is 9.06. The Bertz CT molecular complexity index is 964. The summed E-state index contributed by atoms with van der Waals surface area (Å²) in [7, 11) is 0. The second-order valence-corrected chi connectivity index (χ2v) is 25.1. The fourth-order valence-electron chi connectivity index (χ4n) is 6.05. The maximum absolute atomic E-state index is 6.99. The molecule has 0 spiro atoms. The van der Waals surface area contributed by atoms with Gasteiger partial charge in [0.1, 0.15) is 0 Å². The van der Waals surface area contributed by atoms with Crippen molar-refractivity contribution in [3.8, 4) is 0 Å². The monoisotopic (exact) mass is 647 g/mol. The van der Waals surface area contributed by atoms with Crippen LogP contribution in [0.4, 0.5) is 0 Å². The van der Waals surface area contributed by atoms with Crippen LogP contribution in [0.1, 0.15) is 82.9 Å². The standard InChI is InChI=1S/C25H26NO.3C4H9.Sn/c1-3-13-24(27-2)20-26-25(21-14-7-4-8-15-21,22-16-9-5-10-17-22)23-18-11-6-12-19-23;3*1-3-4-2;/h3-19,24,26H,2,20H2,1H3;3*1,3-4H2,2H3;/b13-3+;;;;. The molecule has 1 N–H and O–H groups in total. The first-order valence-electron chi connectivity index (χ1n) is 15.8. The van der Waals surface area contributed by atoms with Crippen LogP contribution < -0.4 is 5.32 Å². The zero-order valence-electron chi connectivity index (χ0n) is 25.6. The molecular weight excluding hydrogens is 593 g/mol. The van der Waals surface area contributed by atoms with Gasteiger partial charge in [-0.15, -0.1) is 0 Å². The molecule has 0 heterocycles. The average Bonchev–Trinajstić information content (AvgIpc) is 3.02. The normalized spacial score (nSPS) is 13.1. The molecule has 0 radical (unpaired) electrons. The Morgan fingerprint density at radius 2 is 1.07 bits per heavy atom. The minimum absolute atomic E-state index is 0.0430. The van der Waals surface area contributed by atoms with E-state index in [1.807, 2.05) is 0 Å². The number of allylic oxidation sites excluding steroid dienone is 1. The van der Waals surface area contributed by atoms with Crippen molar-refractivity contribution in [2.24, 2.45) is 0 Å². The van der Waals surface area contributed by atoms with Crippen molar-refractivity contribution in [3.63, 3.8) is 0 Å². The molecule has 216 valence electrons. The summed E-state index contributed by atoms with van der Waals surface area (Å²) in [6, 6.07) is 32.7. The van der Waals surface area contributed by atoms with E-state index >= 15 is 0 Å². The molecule has 0 amide bonds. The van der Waals surface area contributed by atoms with E-state index in [9.17, 15) is 0 Å². The fourth-order valence-corrected chi connectivity index (χ4v) is 20.5. The summed E-state index contributed by atoms with van der Waals surface area (Å²) in [6.45, 7) is 9.91. The van der Waals surface area contributed by atoms with Crippen LogP contribution in [0.15, 0.2) is 103 Å². The Kier molecular flexibility index (Phi) is 14.5. The van der Waals surface area contributed by atoms with Gasteiger partial charge in [-0.05, 0) is 0 Å². The number of unbranched alkanes of at least 4 members (excludes halogenated alkanes) is 3. The number of rotatable bonds is 19. The van der Waals surface area contributed by atoms with Crippen LogP contribution in [-0.4, -0.2) is 35.6 Å². The Morgan fingerprint density at radius 1 is 0.675 bits per heavy atom. The van der Waals surface area contributed by atoms with E-state index in [4.69, 9.17) is 4.74 Å². The van der Waals surface area contributed by atoms with Crippen LogP contribution in [0, 0.1) is 0 Å². The van der Waals surface area contributed by atoms with Crippen LogP contribution in [0.3, 0.4) is 0 Å². The third-order valence-corrected chi connectivity index (χ3v) is 22.7. The Morgan fingerprint density at radius 3 is 1.43 bits per heavy atom. The predicted molar refractivity (Wildman–Crippen MR) is 177 cm³/mol. The predicted octanol–water partition coefficient (Wildman–Crippen LogP) is 9.92. The quantitative estimate of drug-likeness (QED) is 0.0796. The van der Waals surface area contributed by atoms with Crippen molar-refractivity contribution in [2.45, 2.75) is 91.2 Å². The molecule has 0 saturated heterocycles. The average molecular weight is 647 g/mol. The van der Waals surface area contributed by atoms with Gasteiger partial charge in [0.15, 0.2) is 0 Å². The van der Waals surface area contributed by atoms with Crippen LogP contribution >= 0.6 is 0 Å². The van der Waals surface area contributed by atoms with Crippen molar-refractivity contribution in [2.75, 3.05) is 11.2 Å². The zero-order chi connectivity index (χ0) is 28.5. The topological polar surface area (TPSA) is 21.3 Å². The van der Waals surface area contributed by atoms with Gasteiger partial charge in [-0.25, -0.2) is 0 Å². The van der Waals surface area contributed by atoms with Gasteiger partial charge in [0, 0.05) is 0 Å². The molecule has 3 aromatic rings. The van der Waals surface area contributed by atoms with Crippen molar-refractivity contribution in [1.29, 1.82) is 0 Å². The van der Waals surface area contributed by atoms with Crippen molar-refractivity contribution in [3.05, 3.63) is 120 Å². The Balaban J connectivity index is 1.94. The van der Waals surface area contributed by atoms with E-state index in [1.165, 1.54) is 68.5 Å². The van der Waals surface area contributed by atoms with Gasteiger partial charge in [0.05, 0.1) is 0 Å². The van der Waals surface area contributed by atoms with E-state index in [1.54, 1.807) is 0 Å². The molecule has 40 heavy (non-hydrogen) atoms. The van der Waals surface area contributed by atoms with Gasteiger partial charge in [0.2, 0.25) is 0 Å². The summed E-state index contributed by atoms with van der Waals surface area (Å²) < 4.78 is 12.5. The molecule has 2 nitrogen and oxygen atoms in total. The minimum atomic E-state index is -2.41. The first-order chi connectivity index (χ1) is 19.6. The Labute approximate surface area is 249 Å². The first-order valence-corrected chi connectivity index (χ1v) is 23.9. The summed E-state index contributed by atoms with van der Waals surface area (Å²) >= 11 is -2.41. The van der Waals surface area contributed by atoms with Gasteiger partial charge in [-0.2, -0.15) is 0 Å². The van der Waals surface area contributed by atoms with Crippen LogP contribution in [0.25, 0.3) is 0 Å². The van der Waals surface area contributed by atoms with Crippen molar-refractivity contribution in [1.82, 2.24) is 5.32 Å². The molecule has 1 atom stereocenters. The van der Waals surface area contributed by atoms with Crippen molar-refractivity contribution >= 4 is 18.4 Å². The molecular formula is C37H53NOSn. The van der Waals surface area contributed by atoms with E-state index in [0.717, 1.165) is 11.2 Å². The van der Waals surface area contributed by atoms with E-state index in [2.05, 4.69) is 136 Å². The maximum atomic E-state index is 6.99. The molecule has 0 saturated carbocycles. The summed E-state index contributed by atoms with van der Waals surface area (Å²) in [5, 5.41) is 4.08. The molecule has 1 unspecified atom stereocenters. The van der Waals surface area contributed by atoms with Crippen LogP contribution in [-0.2, 0) is 10.3 Å². The second kappa shape index (κ2) is 17.8. The van der Waals surface area contributed by atoms with Crippen LogP contribution in [0.5, 0.6) is 0 Å². The molecule has 3 rings (SSSR count). The molecule has 0 bridgehead atoms. The number of nitrogens with one attached hydrogen (secondary N) is 1. The summed E-state index contributed by atoms with van der Waals surface area (Å²) in [5.74, 6) is 0. The van der Waals surface area contributed by atoms with Gasteiger partial charge >= 0.3 is 251 Å². The van der Waals surface area contributed by atoms with Gasteiger partial charge < -0.3 is 0 Å². The first kappa shape index (κ1) is 32.6. The molecule has 3 aromatic carbocycles. The Hall–Kier alpha value is -1.88. The van der Waals surface area contributed by atoms with Gasteiger partial charge in [-0.1, -0.05) is 0 Å². The van der Waals surface area contributed by atoms with Crippen LogP contribution in [0.2, 0.25) is 13.3 Å². The van der Waals surface area contributed by atoms with E-state index in [0.29, 0.717) is 0 Å². The van der Waals surface area contributed by atoms with Gasteiger partial charge in [0.25, 0.3) is 0 Å². The molecule has 0 aromatic heterocycles. The molecule has 0 aliphatic rings. The number of hydrogen-bond donors (Lipinski definition) is 1. The number of ether oxygens (including phenoxy) is 1. The second-order valence-electron chi connectivity index (χ2n) is 11.4. The summed E-state index contributed by atoms with van der Waals surface area (Å²) in [4.78, 5) is 0. The molecule has 0 fully saturated rings. The van der Waals surface area contributed by atoms with Crippen molar-refractivity contribution < 1.29 is 4.74 Å². The van der Waals surface area contributed by atoms with E-state index < -0.39 is 23.9 Å². The summed E-state index contributed by atoms with van der Waals surface area (Å²) in [5.41, 5.74) is 3.26. The SMILES string of the molecule is C/C=C/C(CNC(c1ccccc1)(c1ccccc1)c1ccccc1)O[CH2][Sn]([CH2]CCC)([CH2]CCC)[CH2]CCC. The summed E-state index contributed by atoms with van der Waals surface area (Å²) in [6.07, 6.45) is 12.5. The zero-order valence-corrected chi connectivity index (χ0v) is 28.4. The van der Waals surface area contributed by atoms with E-state index in [-0.39, 0.29) is 6.10 Å². The number of benzene rings is 3. The molecule has 0 aliphatic heterocycles. The van der Waals surface area contributed by atoms with Gasteiger partial charge in [-0.3, -0.25) is 0 Å². The third-order valence-electron chi connectivity index (χ3n) is 8.38. The number of hydrogen-bond acceptors (Lipinski definition) is 2. The fraction of sp³-hybridized carbons (Fsp3) is 0.459. The molecule has 3 heteroatoms.